The second-order valence-corrected chi connectivity index (χ2v) is 4.22. The maximum absolute atomic E-state index is 5.62. The highest BCUT2D eigenvalue weighted by molar-refractivity contribution is 5.42. The van der Waals surface area contributed by atoms with E-state index in [0.29, 0.717) is 12.5 Å². The third kappa shape index (κ3) is 5.70. The normalized spacial score (nSPS) is 10.3. The van der Waals surface area contributed by atoms with Gasteiger partial charge in [-0.2, -0.15) is 9.97 Å². The summed E-state index contributed by atoms with van der Waals surface area (Å²) in [7, 11) is 0. The minimum absolute atomic E-state index is 0.245. The standard InChI is InChI=1S/C13H24N4O/c1-3-5-6-7-8-9-15-11-10-12(18-4-2)17-13(14)16-11/h10H,3-9H2,1-2H3,(H3,14,15,16,17). The molecule has 1 rings (SSSR count). The number of aromatic nitrogens is 2. The number of nitrogens with one attached hydrogen (secondary N) is 1. The summed E-state index contributed by atoms with van der Waals surface area (Å²) in [5.41, 5.74) is 5.62. The van der Waals surface area contributed by atoms with Crippen molar-refractivity contribution < 1.29 is 4.74 Å². The molecule has 102 valence electrons. The fourth-order valence-electron chi connectivity index (χ4n) is 1.70. The van der Waals surface area contributed by atoms with Gasteiger partial charge in [-0.05, 0) is 13.3 Å². The highest BCUT2D eigenvalue weighted by Crippen LogP contribution is 2.14. The van der Waals surface area contributed by atoms with Crippen LogP contribution in [-0.4, -0.2) is 23.1 Å². The van der Waals surface area contributed by atoms with Gasteiger partial charge in [0.1, 0.15) is 5.82 Å². The van der Waals surface area contributed by atoms with E-state index in [9.17, 15) is 0 Å². The van der Waals surface area contributed by atoms with Crippen molar-refractivity contribution in [2.24, 2.45) is 0 Å². The fraction of sp³-hybridized carbons (Fsp3) is 0.692. The molecule has 0 aliphatic carbocycles. The van der Waals surface area contributed by atoms with Gasteiger partial charge < -0.3 is 15.8 Å². The number of nitrogen functional groups attached to an aromatic ring is 1. The first-order valence-corrected chi connectivity index (χ1v) is 6.77. The molecule has 1 aromatic rings. The van der Waals surface area contributed by atoms with Gasteiger partial charge in [0.05, 0.1) is 6.61 Å². The van der Waals surface area contributed by atoms with Gasteiger partial charge in [0, 0.05) is 12.6 Å². The quantitative estimate of drug-likeness (QED) is 0.661. The van der Waals surface area contributed by atoms with Gasteiger partial charge >= 0.3 is 0 Å². The monoisotopic (exact) mass is 252 g/mol. The van der Waals surface area contributed by atoms with E-state index in [-0.39, 0.29) is 5.95 Å². The van der Waals surface area contributed by atoms with Crippen LogP contribution in [0.25, 0.3) is 0 Å². The molecule has 5 heteroatoms. The Morgan fingerprint density at radius 1 is 1.17 bits per heavy atom. The van der Waals surface area contributed by atoms with Crippen molar-refractivity contribution in [3.05, 3.63) is 6.07 Å². The van der Waals surface area contributed by atoms with Gasteiger partial charge in [0.2, 0.25) is 11.8 Å². The summed E-state index contributed by atoms with van der Waals surface area (Å²) in [6.07, 6.45) is 6.28. The summed E-state index contributed by atoms with van der Waals surface area (Å²) < 4.78 is 5.32. The van der Waals surface area contributed by atoms with Crippen molar-refractivity contribution >= 4 is 11.8 Å². The van der Waals surface area contributed by atoms with Crippen molar-refractivity contribution in [3.63, 3.8) is 0 Å². The summed E-state index contributed by atoms with van der Waals surface area (Å²) in [6.45, 7) is 5.62. The van der Waals surface area contributed by atoms with Crippen LogP contribution < -0.4 is 15.8 Å². The van der Waals surface area contributed by atoms with Crippen molar-refractivity contribution in [1.29, 1.82) is 0 Å². The van der Waals surface area contributed by atoms with E-state index in [2.05, 4.69) is 22.2 Å². The first-order valence-electron chi connectivity index (χ1n) is 6.77. The zero-order valence-corrected chi connectivity index (χ0v) is 11.4. The van der Waals surface area contributed by atoms with Crippen LogP contribution in [0.3, 0.4) is 0 Å². The minimum Gasteiger partial charge on any atom is -0.478 e. The van der Waals surface area contributed by atoms with Gasteiger partial charge in [0.25, 0.3) is 0 Å². The molecular formula is C13H24N4O. The van der Waals surface area contributed by atoms with Crippen LogP contribution in [0.2, 0.25) is 0 Å². The Hall–Kier alpha value is -1.52. The van der Waals surface area contributed by atoms with Crippen LogP contribution in [0, 0.1) is 0 Å². The number of nitrogens with zero attached hydrogens (tertiary/aromatic N) is 2. The molecular weight excluding hydrogens is 228 g/mol. The van der Waals surface area contributed by atoms with Gasteiger partial charge in [-0.3, -0.25) is 0 Å². The van der Waals surface area contributed by atoms with E-state index in [1.807, 2.05) is 6.92 Å². The minimum atomic E-state index is 0.245. The molecule has 1 heterocycles. The molecule has 0 saturated carbocycles. The summed E-state index contributed by atoms with van der Waals surface area (Å²) in [5, 5.41) is 3.25. The molecule has 0 atom stereocenters. The topological polar surface area (TPSA) is 73.1 Å². The average Bonchev–Trinajstić information content (AvgIpc) is 2.33. The van der Waals surface area contributed by atoms with Crippen LogP contribution in [0.4, 0.5) is 11.8 Å². The summed E-state index contributed by atoms with van der Waals surface area (Å²) >= 11 is 0. The maximum Gasteiger partial charge on any atom is 0.225 e. The molecule has 3 N–H and O–H groups in total. The maximum atomic E-state index is 5.62. The van der Waals surface area contributed by atoms with Crippen molar-refractivity contribution in [3.8, 4) is 5.88 Å². The Kier molecular flexibility index (Phi) is 6.91. The Morgan fingerprint density at radius 3 is 2.67 bits per heavy atom. The number of rotatable bonds is 9. The average molecular weight is 252 g/mol. The molecule has 0 radical (unpaired) electrons. The second kappa shape index (κ2) is 8.55. The van der Waals surface area contributed by atoms with E-state index in [0.717, 1.165) is 18.8 Å². The molecule has 0 fully saturated rings. The predicted octanol–water partition coefficient (Wildman–Crippen LogP) is 2.84. The fourth-order valence-corrected chi connectivity index (χ4v) is 1.70. The highest BCUT2D eigenvalue weighted by atomic mass is 16.5. The molecule has 18 heavy (non-hydrogen) atoms. The first-order chi connectivity index (χ1) is 8.76. The Labute approximate surface area is 109 Å². The van der Waals surface area contributed by atoms with Crippen LogP contribution in [0.5, 0.6) is 5.88 Å². The molecule has 1 aromatic heterocycles. The molecule has 0 bridgehead atoms. The van der Waals surface area contributed by atoms with Gasteiger partial charge in [-0.25, -0.2) is 0 Å². The van der Waals surface area contributed by atoms with E-state index in [1.54, 1.807) is 6.07 Å². The van der Waals surface area contributed by atoms with Crippen LogP contribution in [0.15, 0.2) is 6.07 Å². The lowest BCUT2D eigenvalue weighted by molar-refractivity contribution is 0.327. The SMILES string of the molecule is CCCCCCCNc1cc(OCC)nc(N)n1. The number of ether oxygens (including phenoxy) is 1. The van der Waals surface area contributed by atoms with E-state index < -0.39 is 0 Å². The number of hydrogen-bond acceptors (Lipinski definition) is 5. The van der Waals surface area contributed by atoms with E-state index in [4.69, 9.17) is 10.5 Å². The number of nitrogens with two attached hydrogens (primary N) is 1. The lowest BCUT2D eigenvalue weighted by Gasteiger charge is -2.08. The highest BCUT2D eigenvalue weighted by Gasteiger charge is 2.02. The molecule has 0 aliphatic heterocycles. The first kappa shape index (κ1) is 14.5. The molecule has 5 nitrogen and oxygen atoms in total. The zero-order chi connectivity index (χ0) is 13.2. The van der Waals surface area contributed by atoms with Gasteiger partial charge in [-0.15, -0.1) is 0 Å². The molecule has 0 amide bonds. The number of hydrogen-bond donors (Lipinski definition) is 2. The number of anilines is 2. The Morgan fingerprint density at radius 2 is 1.94 bits per heavy atom. The largest absolute Gasteiger partial charge is 0.478 e. The third-order valence-electron chi connectivity index (χ3n) is 2.60. The molecule has 0 aliphatic rings. The van der Waals surface area contributed by atoms with Crippen LogP contribution in [0.1, 0.15) is 46.0 Å². The molecule has 0 spiro atoms. The van der Waals surface area contributed by atoms with Crippen molar-refractivity contribution in [1.82, 2.24) is 9.97 Å². The summed E-state index contributed by atoms with van der Waals surface area (Å²) in [4.78, 5) is 8.12. The second-order valence-electron chi connectivity index (χ2n) is 4.22. The van der Waals surface area contributed by atoms with E-state index >= 15 is 0 Å². The third-order valence-corrected chi connectivity index (χ3v) is 2.60. The lowest BCUT2D eigenvalue weighted by Crippen LogP contribution is -2.07. The Bertz CT molecular complexity index is 344. The predicted molar refractivity (Wildman–Crippen MR) is 74.9 cm³/mol. The van der Waals surface area contributed by atoms with Crippen molar-refractivity contribution in [2.75, 3.05) is 24.2 Å². The molecule has 0 aromatic carbocycles. The molecule has 0 unspecified atom stereocenters. The summed E-state index contributed by atoms with van der Waals surface area (Å²) in [6, 6.07) is 1.78. The van der Waals surface area contributed by atoms with Crippen LogP contribution >= 0.6 is 0 Å². The zero-order valence-electron chi connectivity index (χ0n) is 11.4. The van der Waals surface area contributed by atoms with Gasteiger partial charge in [-0.1, -0.05) is 32.6 Å². The Balaban J connectivity index is 2.32. The smallest absolute Gasteiger partial charge is 0.225 e. The van der Waals surface area contributed by atoms with Crippen LogP contribution in [-0.2, 0) is 0 Å². The molecule has 0 saturated heterocycles. The van der Waals surface area contributed by atoms with E-state index in [1.165, 1.54) is 25.7 Å². The summed E-state index contributed by atoms with van der Waals surface area (Å²) in [5.74, 6) is 1.51. The lowest BCUT2D eigenvalue weighted by atomic mass is 10.1. The number of unbranched alkanes of at least 4 members (excludes halogenated alkanes) is 4. The van der Waals surface area contributed by atoms with Crippen molar-refractivity contribution in [2.45, 2.75) is 46.0 Å². The van der Waals surface area contributed by atoms with Gasteiger partial charge in [0.15, 0.2) is 0 Å².